The maximum absolute atomic E-state index is 9.58. The van der Waals surface area contributed by atoms with Crippen LogP contribution in [0.5, 0.6) is 5.75 Å². The van der Waals surface area contributed by atoms with E-state index in [1.165, 1.54) is 5.56 Å². The third kappa shape index (κ3) is 1.54. The summed E-state index contributed by atoms with van der Waals surface area (Å²) in [7, 11) is 0. The van der Waals surface area contributed by atoms with Crippen LogP contribution in [0.2, 0.25) is 0 Å². The van der Waals surface area contributed by atoms with Gasteiger partial charge in [-0.1, -0.05) is 40.2 Å². The molecule has 66 valence electrons. The summed E-state index contributed by atoms with van der Waals surface area (Å²) in [5.74, 6) is 0.348. The van der Waals surface area contributed by atoms with Gasteiger partial charge >= 0.3 is 0 Å². The Labute approximate surface area is 85.1 Å². The van der Waals surface area contributed by atoms with Crippen molar-refractivity contribution < 1.29 is 5.11 Å². The minimum absolute atomic E-state index is 0.348. The van der Waals surface area contributed by atoms with Gasteiger partial charge in [-0.15, -0.1) is 0 Å². The van der Waals surface area contributed by atoms with Gasteiger partial charge in [0.1, 0.15) is 5.75 Å². The number of hydrogen-bond acceptors (Lipinski definition) is 1. The molecular weight excluding hydrogens is 228 g/mol. The van der Waals surface area contributed by atoms with Gasteiger partial charge in [0, 0.05) is 10.7 Å². The predicted octanol–water partition coefficient (Wildman–Crippen LogP) is 3.44. The van der Waals surface area contributed by atoms with Crippen LogP contribution >= 0.6 is 15.9 Å². The van der Waals surface area contributed by atoms with Gasteiger partial charge in [0.05, 0.1) is 0 Å². The van der Waals surface area contributed by atoms with Crippen LogP contribution in [0, 0.1) is 0 Å². The predicted molar refractivity (Wildman–Crippen MR) is 58.2 cm³/mol. The number of phenols is 1. The first-order valence-corrected chi connectivity index (χ1v) is 5.20. The van der Waals surface area contributed by atoms with E-state index in [-0.39, 0.29) is 0 Å². The van der Waals surface area contributed by atoms with Gasteiger partial charge in [0.2, 0.25) is 0 Å². The number of phenolic OH excluding ortho intramolecular Hbond substituents is 1. The molecule has 0 aromatic heterocycles. The zero-order valence-electron chi connectivity index (χ0n) is 7.00. The Morgan fingerprint density at radius 3 is 2.77 bits per heavy atom. The van der Waals surface area contributed by atoms with Crippen LogP contribution in [-0.4, -0.2) is 5.11 Å². The molecule has 0 aliphatic carbocycles. The van der Waals surface area contributed by atoms with Crippen molar-refractivity contribution in [2.24, 2.45) is 0 Å². The summed E-state index contributed by atoms with van der Waals surface area (Å²) in [5, 5.41) is 12.4. The van der Waals surface area contributed by atoms with Crippen molar-refractivity contribution >= 4 is 26.7 Å². The second-order valence-corrected chi connectivity index (χ2v) is 3.53. The molecule has 2 rings (SSSR count). The first-order valence-electron chi connectivity index (χ1n) is 4.08. The average Bonchev–Trinajstić information content (AvgIpc) is 2.18. The highest BCUT2D eigenvalue weighted by Crippen LogP contribution is 2.25. The highest BCUT2D eigenvalue weighted by molar-refractivity contribution is 9.08. The molecule has 0 atom stereocenters. The van der Waals surface area contributed by atoms with Crippen LogP contribution in [0.3, 0.4) is 0 Å². The summed E-state index contributed by atoms with van der Waals surface area (Å²) in [4.78, 5) is 0. The fourth-order valence-electron chi connectivity index (χ4n) is 1.39. The van der Waals surface area contributed by atoms with E-state index in [2.05, 4.69) is 22.0 Å². The molecule has 0 amide bonds. The number of halogens is 1. The first kappa shape index (κ1) is 8.57. The van der Waals surface area contributed by atoms with Gasteiger partial charge in [-0.2, -0.15) is 0 Å². The van der Waals surface area contributed by atoms with Crippen molar-refractivity contribution in [1.82, 2.24) is 0 Å². The molecule has 2 aromatic rings. The standard InChI is InChI=1S/C11H9BrO/c12-7-8-4-5-9-2-1-3-11(13)10(9)6-8/h1-6,13H,7H2. The van der Waals surface area contributed by atoms with E-state index in [0.717, 1.165) is 16.1 Å². The maximum atomic E-state index is 9.58. The molecule has 13 heavy (non-hydrogen) atoms. The normalized spacial score (nSPS) is 10.5. The highest BCUT2D eigenvalue weighted by Gasteiger charge is 1.99. The Kier molecular flexibility index (Phi) is 2.23. The van der Waals surface area contributed by atoms with Crippen LogP contribution in [0.15, 0.2) is 36.4 Å². The summed E-state index contributed by atoms with van der Waals surface area (Å²) in [6.07, 6.45) is 0. The number of aromatic hydroxyl groups is 1. The quantitative estimate of drug-likeness (QED) is 0.753. The SMILES string of the molecule is Oc1cccc2ccc(CBr)cc12. The zero-order chi connectivity index (χ0) is 9.26. The van der Waals surface area contributed by atoms with Crippen LogP contribution in [0.4, 0.5) is 0 Å². The fourth-order valence-corrected chi connectivity index (χ4v) is 1.74. The van der Waals surface area contributed by atoms with Crippen LogP contribution in [0.25, 0.3) is 10.8 Å². The lowest BCUT2D eigenvalue weighted by molar-refractivity contribution is 0.481. The molecule has 2 aromatic carbocycles. The van der Waals surface area contributed by atoms with Gasteiger partial charge in [0.25, 0.3) is 0 Å². The molecule has 0 unspecified atom stereocenters. The Balaban J connectivity index is 2.74. The topological polar surface area (TPSA) is 20.2 Å². The van der Waals surface area contributed by atoms with Crippen LogP contribution in [-0.2, 0) is 5.33 Å². The van der Waals surface area contributed by atoms with E-state index in [1.54, 1.807) is 6.07 Å². The summed E-state index contributed by atoms with van der Waals surface area (Å²) >= 11 is 3.39. The molecular formula is C11H9BrO. The first-order chi connectivity index (χ1) is 6.31. The molecule has 0 fully saturated rings. The van der Waals surface area contributed by atoms with Gasteiger partial charge in [0.15, 0.2) is 0 Å². The molecule has 0 saturated heterocycles. The lowest BCUT2D eigenvalue weighted by atomic mass is 10.1. The number of rotatable bonds is 1. The lowest BCUT2D eigenvalue weighted by Crippen LogP contribution is -1.78. The molecule has 0 aliphatic heterocycles. The van der Waals surface area contributed by atoms with Gasteiger partial charge in [-0.25, -0.2) is 0 Å². The maximum Gasteiger partial charge on any atom is 0.123 e. The van der Waals surface area contributed by atoms with Crippen molar-refractivity contribution in [1.29, 1.82) is 0 Å². The van der Waals surface area contributed by atoms with E-state index in [1.807, 2.05) is 24.3 Å². The summed E-state index contributed by atoms with van der Waals surface area (Å²) in [6.45, 7) is 0. The lowest BCUT2D eigenvalue weighted by Gasteiger charge is -2.02. The third-order valence-corrected chi connectivity index (χ3v) is 2.73. The van der Waals surface area contributed by atoms with E-state index >= 15 is 0 Å². The summed E-state index contributed by atoms with van der Waals surface area (Å²) < 4.78 is 0. The smallest absolute Gasteiger partial charge is 0.123 e. The molecule has 1 nitrogen and oxygen atoms in total. The van der Waals surface area contributed by atoms with E-state index in [0.29, 0.717) is 5.75 Å². The van der Waals surface area contributed by atoms with Crippen LogP contribution in [0.1, 0.15) is 5.56 Å². The van der Waals surface area contributed by atoms with Crippen molar-refractivity contribution in [2.45, 2.75) is 5.33 Å². The van der Waals surface area contributed by atoms with Crippen LogP contribution < -0.4 is 0 Å². The molecule has 0 spiro atoms. The number of benzene rings is 2. The molecule has 0 bridgehead atoms. The van der Waals surface area contributed by atoms with E-state index < -0.39 is 0 Å². The van der Waals surface area contributed by atoms with Gasteiger partial charge < -0.3 is 5.11 Å². The Hall–Kier alpha value is -1.02. The largest absolute Gasteiger partial charge is 0.507 e. The Morgan fingerprint density at radius 1 is 1.15 bits per heavy atom. The van der Waals surface area contributed by atoms with E-state index in [9.17, 15) is 5.11 Å². The number of alkyl halides is 1. The minimum atomic E-state index is 0.348. The van der Waals surface area contributed by atoms with Crippen molar-refractivity contribution in [3.05, 3.63) is 42.0 Å². The minimum Gasteiger partial charge on any atom is -0.507 e. The van der Waals surface area contributed by atoms with E-state index in [4.69, 9.17) is 0 Å². The Bertz CT molecular complexity index is 437. The molecule has 0 radical (unpaired) electrons. The molecule has 0 saturated carbocycles. The summed E-state index contributed by atoms with van der Waals surface area (Å²) in [6, 6.07) is 11.6. The molecule has 0 heterocycles. The van der Waals surface area contributed by atoms with Gasteiger partial charge in [-0.3, -0.25) is 0 Å². The average molecular weight is 237 g/mol. The Morgan fingerprint density at radius 2 is 2.00 bits per heavy atom. The molecule has 1 N–H and O–H groups in total. The van der Waals surface area contributed by atoms with Crippen molar-refractivity contribution in [3.8, 4) is 5.75 Å². The van der Waals surface area contributed by atoms with Crippen molar-refractivity contribution in [3.63, 3.8) is 0 Å². The highest BCUT2D eigenvalue weighted by atomic mass is 79.9. The van der Waals surface area contributed by atoms with Gasteiger partial charge in [-0.05, 0) is 23.1 Å². The summed E-state index contributed by atoms with van der Waals surface area (Å²) in [5.41, 5.74) is 1.18. The molecule has 2 heteroatoms. The van der Waals surface area contributed by atoms with Crippen molar-refractivity contribution in [2.75, 3.05) is 0 Å². The monoisotopic (exact) mass is 236 g/mol. The number of hydrogen-bond donors (Lipinski definition) is 1. The second kappa shape index (κ2) is 3.38. The second-order valence-electron chi connectivity index (χ2n) is 2.97. The third-order valence-electron chi connectivity index (χ3n) is 2.08. The molecule has 0 aliphatic rings. The number of fused-ring (bicyclic) bond motifs is 1. The zero-order valence-corrected chi connectivity index (χ0v) is 8.58. The fraction of sp³-hybridized carbons (Fsp3) is 0.0909.